The second-order valence-corrected chi connectivity index (χ2v) is 9.23. The van der Waals surface area contributed by atoms with Gasteiger partial charge in [0.2, 0.25) is 11.0 Å². The molecule has 0 bridgehead atoms. The summed E-state index contributed by atoms with van der Waals surface area (Å²) < 4.78 is 22.6. The molecule has 10 heteroatoms. The van der Waals surface area contributed by atoms with Gasteiger partial charge in [0, 0.05) is 17.1 Å². The minimum atomic E-state index is 0.280. The number of hydrogen-bond acceptors (Lipinski definition) is 9. The Balaban J connectivity index is 1.67. The van der Waals surface area contributed by atoms with Crippen LogP contribution in [-0.4, -0.2) is 45.3 Å². The van der Waals surface area contributed by atoms with Gasteiger partial charge in [-0.05, 0) is 23.3 Å². The summed E-state index contributed by atoms with van der Waals surface area (Å²) in [5.74, 6) is 1.80. The molecular weight excluding hydrogens is 512 g/mol. The average Bonchev–Trinajstić information content (AvgIpc) is 3.62. The zero-order valence-electron chi connectivity index (χ0n) is 21.5. The van der Waals surface area contributed by atoms with Crippen molar-refractivity contribution in [2.45, 2.75) is 0 Å². The molecule has 0 unspecified atom stereocenters. The van der Waals surface area contributed by atoms with Crippen molar-refractivity contribution in [2.75, 3.05) is 26.6 Å². The molecule has 1 N–H and O–H groups in total. The molecule has 39 heavy (non-hydrogen) atoms. The number of rotatable bonds is 8. The Morgan fingerprint density at radius 2 is 1.36 bits per heavy atom. The normalized spacial score (nSPS) is 10.9. The molecule has 0 aliphatic rings. The van der Waals surface area contributed by atoms with Gasteiger partial charge in [-0.2, -0.15) is 14.6 Å². The fraction of sp³-hybridized carbons (Fsp3) is 0.103. The summed E-state index contributed by atoms with van der Waals surface area (Å²) in [7, 11) is 4.80. The number of nitrogens with one attached hydrogen (secondary N) is 1. The van der Waals surface area contributed by atoms with Crippen LogP contribution in [0.5, 0.6) is 17.6 Å². The van der Waals surface area contributed by atoms with Gasteiger partial charge in [0.25, 0.3) is 0 Å². The van der Waals surface area contributed by atoms with Crippen LogP contribution >= 0.6 is 11.5 Å². The predicted molar refractivity (Wildman–Crippen MR) is 152 cm³/mol. The first-order valence-electron chi connectivity index (χ1n) is 12.1. The Morgan fingerprint density at radius 3 is 1.97 bits per heavy atom. The maximum atomic E-state index is 6.05. The van der Waals surface area contributed by atoms with Gasteiger partial charge in [0.1, 0.15) is 17.3 Å². The number of anilines is 2. The van der Waals surface area contributed by atoms with Crippen LogP contribution in [0.15, 0.2) is 84.9 Å². The molecule has 6 aromatic rings. The van der Waals surface area contributed by atoms with E-state index in [0.29, 0.717) is 28.0 Å². The van der Waals surface area contributed by atoms with E-state index in [1.54, 1.807) is 18.7 Å². The first-order chi connectivity index (χ1) is 19.2. The third-order valence-electron chi connectivity index (χ3n) is 6.22. The second kappa shape index (κ2) is 10.4. The summed E-state index contributed by atoms with van der Waals surface area (Å²) in [5, 5.41) is 8.93. The zero-order chi connectivity index (χ0) is 26.8. The van der Waals surface area contributed by atoms with E-state index < -0.39 is 0 Å². The third-order valence-corrected chi connectivity index (χ3v) is 6.83. The van der Waals surface area contributed by atoms with Crippen molar-refractivity contribution in [1.29, 1.82) is 0 Å². The summed E-state index contributed by atoms with van der Waals surface area (Å²) in [6, 6.07) is 28.1. The van der Waals surface area contributed by atoms with Crippen molar-refractivity contribution >= 4 is 28.1 Å². The zero-order valence-corrected chi connectivity index (χ0v) is 22.3. The third kappa shape index (κ3) is 4.51. The molecule has 3 aromatic carbocycles. The highest BCUT2D eigenvalue weighted by Crippen LogP contribution is 2.43. The maximum Gasteiger partial charge on any atom is 0.329 e. The smallest absolute Gasteiger partial charge is 0.329 e. The van der Waals surface area contributed by atoms with Crippen LogP contribution < -0.4 is 19.5 Å². The molecule has 0 atom stereocenters. The fourth-order valence-corrected chi connectivity index (χ4v) is 4.97. The highest BCUT2D eigenvalue weighted by Gasteiger charge is 2.26. The average molecular weight is 537 g/mol. The van der Waals surface area contributed by atoms with E-state index in [1.807, 2.05) is 72.8 Å². The summed E-state index contributed by atoms with van der Waals surface area (Å²) in [4.78, 5) is 9.54. The van der Waals surface area contributed by atoms with Gasteiger partial charge in [0.15, 0.2) is 5.65 Å². The van der Waals surface area contributed by atoms with Gasteiger partial charge in [-0.15, -0.1) is 4.37 Å². The Labute approximate surface area is 228 Å². The summed E-state index contributed by atoms with van der Waals surface area (Å²) in [5.41, 5.74) is 5.85. The molecule has 0 fully saturated rings. The van der Waals surface area contributed by atoms with Crippen LogP contribution in [0, 0.1) is 0 Å². The van der Waals surface area contributed by atoms with Crippen molar-refractivity contribution in [2.24, 2.45) is 0 Å². The van der Waals surface area contributed by atoms with Crippen molar-refractivity contribution in [3.05, 3.63) is 84.9 Å². The maximum absolute atomic E-state index is 6.05. The van der Waals surface area contributed by atoms with E-state index in [0.717, 1.165) is 33.7 Å². The van der Waals surface area contributed by atoms with Crippen LogP contribution in [0.4, 0.5) is 10.9 Å². The number of ether oxygens (including phenoxy) is 3. The number of fused-ring (bicyclic) bond motifs is 1. The van der Waals surface area contributed by atoms with Crippen molar-refractivity contribution in [3.63, 3.8) is 0 Å². The molecular formula is C29H24N6O3S. The summed E-state index contributed by atoms with van der Waals surface area (Å²) in [6.07, 6.45) is 0. The monoisotopic (exact) mass is 536 g/mol. The standard InChI is InChI=1S/C29H24N6O3S/c1-36-21-16-14-19(15-17-21)23-25(31-29-32-28(38-3)34-39-29)30-26-22(18-10-6-4-7-11-18)24(20-12-8-5-9-13-20)33-35(26)27(23)37-2/h4-17H,1-3H3,(H,30,31,32,34). The Kier molecular flexibility index (Phi) is 6.52. The summed E-state index contributed by atoms with van der Waals surface area (Å²) >= 11 is 1.18. The Bertz CT molecular complexity index is 1730. The van der Waals surface area contributed by atoms with E-state index in [9.17, 15) is 0 Å². The molecule has 0 saturated heterocycles. The highest BCUT2D eigenvalue weighted by molar-refractivity contribution is 7.09. The number of methoxy groups -OCH3 is 3. The number of benzene rings is 3. The van der Waals surface area contributed by atoms with Crippen LogP contribution in [0.3, 0.4) is 0 Å². The SMILES string of the molecule is COc1ccc(-c2c(Nc3nc(OC)ns3)nc3c(-c4ccccc4)c(-c4ccccc4)nn3c2OC)cc1. The molecule has 6 rings (SSSR count). The topological polar surface area (TPSA) is 95.7 Å². The first-order valence-corrected chi connectivity index (χ1v) is 12.9. The molecule has 3 heterocycles. The summed E-state index contributed by atoms with van der Waals surface area (Å²) in [6.45, 7) is 0. The lowest BCUT2D eigenvalue weighted by molar-refractivity contribution is 0.386. The van der Waals surface area contributed by atoms with Crippen molar-refractivity contribution in [1.82, 2.24) is 24.0 Å². The van der Waals surface area contributed by atoms with Gasteiger partial charge in [-0.3, -0.25) is 0 Å². The Hall–Kier alpha value is -4.96. The Morgan fingerprint density at radius 1 is 0.692 bits per heavy atom. The quantitative estimate of drug-likeness (QED) is 0.240. The van der Waals surface area contributed by atoms with Crippen molar-refractivity contribution < 1.29 is 14.2 Å². The minimum Gasteiger partial charge on any atom is -0.497 e. The number of nitrogens with zero attached hydrogens (tertiary/aromatic N) is 5. The second-order valence-electron chi connectivity index (χ2n) is 8.48. The molecule has 0 saturated carbocycles. The van der Waals surface area contributed by atoms with Gasteiger partial charge in [-0.25, -0.2) is 4.98 Å². The molecule has 9 nitrogen and oxygen atoms in total. The van der Waals surface area contributed by atoms with E-state index in [2.05, 4.69) is 26.8 Å². The lowest BCUT2D eigenvalue weighted by Gasteiger charge is -2.16. The van der Waals surface area contributed by atoms with E-state index in [1.165, 1.54) is 18.6 Å². The van der Waals surface area contributed by atoms with Gasteiger partial charge in [0.05, 0.1) is 32.5 Å². The van der Waals surface area contributed by atoms with E-state index in [-0.39, 0.29) is 6.01 Å². The predicted octanol–water partition coefficient (Wildman–Crippen LogP) is 6.35. The fourth-order valence-electron chi connectivity index (χ4n) is 4.43. The van der Waals surface area contributed by atoms with E-state index in [4.69, 9.17) is 24.3 Å². The molecule has 0 aliphatic carbocycles. The number of hydrogen-bond donors (Lipinski definition) is 1. The van der Waals surface area contributed by atoms with Gasteiger partial charge >= 0.3 is 6.01 Å². The highest BCUT2D eigenvalue weighted by atomic mass is 32.1. The van der Waals surface area contributed by atoms with Crippen LogP contribution in [0.2, 0.25) is 0 Å². The van der Waals surface area contributed by atoms with Crippen LogP contribution in [0.25, 0.3) is 39.2 Å². The van der Waals surface area contributed by atoms with Crippen molar-refractivity contribution in [3.8, 4) is 51.2 Å². The van der Waals surface area contributed by atoms with Crippen LogP contribution in [-0.2, 0) is 0 Å². The minimum absolute atomic E-state index is 0.280. The molecule has 0 amide bonds. The molecule has 3 aromatic heterocycles. The molecule has 0 radical (unpaired) electrons. The first kappa shape index (κ1) is 24.4. The molecule has 0 spiro atoms. The largest absolute Gasteiger partial charge is 0.497 e. The van der Waals surface area contributed by atoms with Gasteiger partial charge in [-0.1, -0.05) is 72.8 Å². The lowest BCUT2D eigenvalue weighted by Crippen LogP contribution is -2.06. The van der Waals surface area contributed by atoms with Gasteiger partial charge < -0.3 is 19.5 Å². The molecule has 194 valence electrons. The van der Waals surface area contributed by atoms with E-state index >= 15 is 0 Å². The lowest BCUT2D eigenvalue weighted by atomic mass is 10.0. The number of aromatic nitrogens is 5. The van der Waals surface area contributed by atoms with Crippen LogP contribution in [0.1, 0.15) is 0 Å². The molecule has 0 aliphatic heterocycles.